The van der Waals surface area contributed by atoms with E-state index in [-0.39, 0.29) is 11.3 Å². The normalized spacial score (nSPS) is 17.9. The van der Waals surface area contributed by atoms with Crippen molar-refractivity contribution in [3.63, 3.8) is 0 Å². The summed E-state index contributed by atoms with van der Waals surface area (Å²) < 4.78 is 5.36. The van der Waals surface area contributed by atoms with E-state index in [0.717, 1.165) is 11.1 Å². The van der Waals surface area contributed by atoms with Gasteiger partial charge in [0.15, 0.2) is 0 Å². The first-order chi connectivity index (χ1) is 14.5. The number of nitrogens with zero attached hydrogens (tertiary/aromatic N) is 1. The molecule has 4 rings (SSSR count). The Balaban J connectivity index is 1.98. The lowest BCUT2D eigenvalue weighted by Gasteiger charge is -2.25. The van der Waals surface area contributed by atoms with Crippen LogP contribution < -0.4 is 9.64 Å². The van der Waals surface area contributed by atoms with E-state index in [1.165, 1.54) is 12.0 Å². The predicted octanol–water partition coefficient (Wildman–Crippen LogP) is 4.63. The number of hydrogen-bond donors (Lipinski definition) is 1. The van der Waals surface area contributed by atoms with E-state index in [2.05, 4.69) is 0 Å². The first-order valence-electron chi connectivity index (χ1n) is 9.59. The second-order valence-electron chi connectivity index (χ2n) is 7.12. The number of benzene rings is 3. The van der Waals surface area contributed by atoms with Gasteiger partial charge in [0.2, 0.25) is 0 Å². The standard InChI is InChI=1S/C25H21NO4/c1-16-9-8-10-17(15-16)22-21(23(27)19-13-6-7-14-20(19)30-2)24(28)25(29)26(22)18-11-4-3-5-12-18/h3-15,22,27H,1-2H3/b23-21-. The Morgan fingerprint density at radius 3 is 2.33 bits per heavy atom. The van der Waals surface area contributed by atoms with Crippen molar-refractivity contribution in [1.82, 2.24) is 0 Å². The Labute approximate surface area is 174 Å². The molecule has 3 aromatic rings. The summed E-state index contributed by atoms with van der Waals surface area (Å²) >= 11 is 0. The lowest BCUT2D eigenvalue weighted by atomic mass is 9.94. The summed E-state index contributed by atoms with van der Waals surface area (Å²) in [5, 5.41) is 11.2. The van der Waals surface area contributed by atoms with Gasteiger partial charge in [-0.1, -0.05) is 60.2 Å². The number of aliphatic hydroxyl groups excluding tert-OH is 1. The number of Topliss-reactive ketones (excluding diaryl/α,β-unsaturated/α-hetero) is 1. The summed E-state index contributed by atoms with van der Waals surface area (Å²) in [4.78, 5) is 27.6. The van der Waals surface area contributed by atoms with Gasteiger partial charge in [0.25, 0.3) is 11.7 Å². The van der Waals surface area contributed by atoms with Crippen LogP contribution in [0.2, 0.25) is 0 Å². The molecule has 5 heteroatoms. The van der Waals surface area contributed by atoms with E-state index in [0.29, 0.717) is 17.0 Å². The highest BCUT2D eigenvalue weighted by Gasteiger charge is 2.47. The molecule has 1 aliphatic heterocycles. The average Bonchev–Trinajstić information content (AvgIpc) is 3.04. The van der Waals surface area contributed by atoms with Crippen LogP contribution in [0, 0.1) is 6.92 Å². The van der Waals surface area contributed by atoms with E-state index in [9.17, 15) is 14.7 Å². The maximum absolute atomic E-state index is 13.1. The molecule has 1 fully saturated rings. The van der Waals surface area contributed by atoms with Crippen molar-refractivity contribution in [2.75, 3.05) is 12.0 Å². The van der Waals surface area contributed by atoms with Crippen LogP contribution in [0.15, 0.2) is 84.4 Å². The van der Waals surface area contributed by atoms with E-state index < -0.39 is 17.7 Å². The Kier molecular flexibility index (Phi) is 5.11. The van der Waals surface area contributed by atoms with Gasteiger partial charge in [-0.25, -0.2) is 0 Å². The van der Waals surface area contributed by atoms with Crippen molar-refractivity contribution in [2.45, 2.75) is 13.0 Å². The summed E-state index contributed by atoms with van der Waals surface area (Å²) in [6.45, 7) is 1.94. The fourth-order valence-corrected chi connectivity index (χ4v) is 3.83. The van der Waals surface area contributed by atoms with Crippen LogP contribution in [0.25, 0.3) is 5.76 Å². The largest absolute Gasteiger partial charge is 0.507 e. The van der Waals surface area contributed by atoms with Gasteiger partial charge >= 0.3 is 0 Å². The Morgan fingerprint density at radius 2 is 1.63 bits per heavy atom. The molecule has 1 saturated heterocycles. The molecule has 0 spiro atoms. The summed E-state index contributed by atoms with van der Waals surface area (Å²) in [6.07, 6.45) is 0. The minimum atomic E-state index is -0.753. The number of para-hydroxylation sites is 2. The highest BCUT2D eigenvalue weighted by molar-refractivity contribution is 6.51. The van der Waals surface area contributed by atoms with E-state index >= 15 is 0 Å². The number of hydrogen-bond acceptors (Lipinski definition) is 4. The van der Waals surface area contributed by atoms with Gasteiger partial charge in [0.05, 0.1) is 24.3 Å². The molecular weight excluding hydrogens is 378 g/mol. The molecule has 0 saturated carbocycles. The van der Waals surface area contributed by atoms with E-state index in [4.69, 9.17) is 4.74 Å². The highest BCUT2D eigenvalue weighted by atomic mass is 16.5. The number of methoxy groups -OCH3 is 1. The number of rotatable bonds is 4. The second kappa shape index (κ2) is 7.87. The lowest BCUT2D eigenvalue weighted by Crippen LogP contribution is -2.29. The van der Waals surface area contributed by atoms with Gasteiger partial charge in [-0.2, -0.15) is 0 Å². The quantitative estimate of drug-likeness (QED) is 0.395. The average molecular weight is 399 g/mol. The molecule has 30 heavy (non-hydrogen) atoms. The molecule has 3 aromatic carbocycles. The summed E-state index contributed by atoms with van der Waals surface area (Å²) in [5.41, 5.74) is 2.73. The molecule has 1 unspecified atom stereocenters. The van der Waals surface area contributed by atoms with Gasteiger partial charge in [0, 0.05) is 5.69 Å². The number of carbonyl (C=O) groups excluding carboxylic acids is 2. The molecule has 1 amide bonds. The van der Waals surface area contributed by atoms with Crippen LogP contribution in [0.3, 0.4) is 0 Å². The van der Waals surface area contributed by atoms with Gasteiger partial charge < -0.3 is 9.84 Å². The van der Waals surface area contributed by atoms with Crippen molar-refractivity contribution in [3.05, 3.63) is 101 Å². The minimum Gasteiger partial charge on any atom is -0.507 e. The Hall–Kier alpha value is -3.86. The number of anilines is 1. The maximum atomic E-state index is 13.1. The third kappa shape index (κ3) is 3.24. The van der Waals surface area contributed by atoms with Crippen LogP contribution in [-0.4, -0.2) is 23.9 Å². The summed E-state index contributed by atoms with van der Waals surface area (Å²) in [7, 11) is 1.49. The number of aryl methyl sites for hydroxylation is 1. The van der Waals surface area contributed by atoms with Crippen molar-refractivity contribution in [2.24, 2.45) is 0 Å². The molecule has 0 bridgehead atoms. The van der Waals surface area contributed by atoms with Gasteiger partial charge in [-0.05, 0) is 36.8 Å². The number of amides is 1. The number of carbonyl (C=O) groups is 2. The first kappa shape index (κ1) is 19.5. The molecule has 1 N–H and O–H groups in total. The predicted molar refractivity (Wildman–Crippen MR) is 115 cm³/mol. The molecule has 150 valence electrons. The van der Waals surface area contributed by atoms with Crippen LogP contribution in [-0.2, 0) is 9.59 Å². The molecule has 1 atom stereocenters. The maximum Gasteiger partial charge on any atom is 0.300 e. The highest BCUT2D eigenvalue weighted by Crippen LogP contribution is 2.43. The number of ether oxygens (including phenoxy) is 1. The summed E-state index contributed by atoms with van der Waals surface area (Å²) in [5.74, 6) is -1.24. The van der Waals surface area contributed by atoms with Crippen LogP contribution in [0.1, 0.15) is 22.7 Å². The monoisotopic (exact) mass is 399 g/mol. The molecule has 0 radical (unpaired) electrons. The van der Waals surface area contributed by atoms with Gasteiger partial charge in [-0.15, -0.1) is 0 Å². The zero-order valence-corrected chi connectivity index (χ0v) is 16.7. The van der Waals surface area contributed by atoms with E-state index in [1.54, 1.807) is 36.4 Å². The van der Waals surface area contributed by atoms with Crippen molar-refractivity contribution in [3.8, 4) is 5.75 Å². The molecule has 1 heterocycles. The van der Waals surface area contributed by atoms with Gasteiger partial charge in [-0.3, -0.25) is 14.5 Å². The Morgan fingerprint density at radius 1 is 0.933 bits per heavy atom. The topological polar surface area (TPSA) is 66.8 Å². The third-order valence-electron chi connectivity index (χ3n) is 5.20. The van der Waals surface area contributed by atoms with Crippen molar-refractivity contribution in [1.29, 1.82) is 0 Å². The lowest BCUT2D eigenvalue weighted by molar-refractivity contribution is -0.132. The molecular formula is C25H21NO4. The van der Waals surface area contributed by atoms with Crippen molar-refractivity contribution >= 4 is 23.1 Å². The number of aliphatic hydroxyl groups is 1. The first-order valence-corrected chi connectivity index (χ1v) is 9.59. The zero-order chi connectivity index (χ0) is 21.3. The number of ketones is 1. The third-order valence-corrected chi connectivity index (χ3v) is 5.20. The van der Waals surface area contributed by atoms with Crippen molar-refractivity contribution < 1.29 is 19.4 Å². The summed E-state index contributed by atoms with van der Waals surface area (Å²) in [6, 6.07) is 22.7. The zero-order valence-electron chi connectivity index (χ0n) is 16.7. The minimum absolute atomic E-state index is 0.0407. The molecule has 5 nitrogen and oxygen atoms in total. The van der Waals surface area contributed by atoms with Crippen LogP contribution >= 0.6 is 0 Å². The SMILES string of the molecule is COc1ccccc1/C(O)=C1/C(=O)C(=O)N(c2ccccc2)C1c1cccc(C)c1. The van der Waals surface area contributed by atoms with Crippen LogP contribution in [0.4, 0.5) is 5.69 Å². The fraction of sp³-hybridized carbons (Fsp3) is 0.120. The Bertz CT molecular complexity index is 1150. The molecule has 0 aliphatic carbocycles. The molecule has 0 aromatic heterocycles. The van der Waals surface area contributed by atoms with E-state index in [1.807, 2.05) is 49.4 Å². The van der Waals surface area contributed by atoms with Gasteiger partial charge in [0.1, 0.15) is 11.5 Å². The smallest absolute Gasteiger partial charge is 0.300 e. The fourth-order valence-electron chi connectivity index (χ4n) is 3.83. The second-order valence-corrected chi connectivity index (χ2v) is 7.12. The molecule has 1 aliphatic rings. The van der Waals surface area contributed by atoms with Crippen LogP contribution in [0.5, 0.6) is 5.75 Å².